The molecule has 6 nitrogen and oxygen atoms in total. The fourth-order valence-electron chi connectivity index (χ4n) is 2.24. The summed E-state index contributed by atoms with van der Waals surface area (Å²) in [6, 6.07) is 6.24. The molecule has 1 aliphatic rings. The molecule has 0 radical (unpaired) electrons. The van der Waals surface area contributed by atoms with Gasteiger partial charge in [0.15, 0.2) is 0 Å². The second-order valence-corrected chi connectivity index (χ2v) is 7.26. The maximum atomic E-state index is 12.5. The van der Waals surface area contributed by atoms with Crippen LogP contribution in [0.2, 0.25) is 0 Å². The maximum Gasteiger partial charge on any atom is 0.335 e. The van der Waals surface area contributed by atoms with Gasteiger partial charge in [-0.3, -0.25) is 14.5 Å². The molecule has 0 aliphatic carbocycles. The number of hydrogen-bond acceptors (Lipinski definition) is 6. The van der Waals surface area contributed by atoms with E-state index < -0.39 is 5.97 Å². The van der Waals surface area contributed by atoms with Gasteiger partial charge in [-0.25, -0.2) is 4.79 Å². The van der Waals surface area contributed by atoms with E-state index in [0.717, 1.165) is 12.0 Å². The van der Waals surface area contributed by atoms with Crippen LogP contribution < -0.4 is 0 Å². The predicted octanol–water partition coefficient (Wildman–Crippen LogP) is 3.32. The molecule has 1 fully saturated rings. The Hall–Kier alpha value is -2.19. The van der Waals surface area contributed by atoms with Crippen molar-refractivity contribution >= 4 is 52.2 Å². The fraction of sp³-hybridized carbons (Fsp3) is 0.333. The van der Waals surface area contributed by atoms with Crippen molar-refractivity contribution in [3.05, 3.63) is 40.3 Å². The van der Waals surface area contributed by atoms with E-state index in [4.69, 9.17) is 22.1 Å². The largest absolute Gasteiger partial charge is 0.478 e. The molecule has 1 heterocycles. The van der Waals surface area contributed by atoms with Gasteiger partial charge in [-0.05, 0) is 36.6 Å². The molecule has 0 saturated carbocycles. The van der Waals surface area contributed by atoms with Crippen LogP contribution in [0.1, 0.15) is 42.1 Å². The lowest BCUT2D eigenvalue weighted by Crippen LogP contribution is -2.29. The van der Waals surface area contributed by atoms with Crippen molar-refractivity contribution in [2.75, 3.05) is 13.2 Å². The SMILES string of the molecule is CCCOC(=O)CCCN1C(=O)/C(=C/c2ccc(C(=O)O)cc2)SC1=S. The van der Waals surface area contributed by atoms with Crippen LogP contribution in [0.25, 0.3) is 6.08 Å². The van der Waals surface area contributed by atoms with Crippen LogP contribution in [0.5, 0.6) is 0 Å². The topological polar surface area (TPSA) is 83.9 Å². The Morgan fingerprint density at radius 1 is 1.31 bits per heavy atom. The molecule has 0 atom stereocenters. The van der Waals surface area contributed by atoms with Gasteiger partial charge in [-0.2, -0.15) is 0 Å². The number of thioether (sulfide) groups is 1. The summed E-state index contributed by atoms with van der Waals surface area (Å²) in [5.41, 5.74) is 0.906. The second kappa shape index (κ2) is 9.49. The van der Waals surface area contributed by atoms with Gasteiger partial charge in [0.1, 0.15) is 4.32 Å². The van der Waals surface area contributed by atoms with Crippen LogP contribution in [0, 0.1) is 0 Å². The highest BCUT2D eigenvalue weighted by molar-refractivity contribution is 8.26. The quantitative estimate of drug-likeness (QED) is 0.412. The first-order chi connectivity index (χ1) is 12.4. The summed E-state index contributed by atoms with van der Waals surface area (Å²) >= 11 is 6.44. The van der Waals surface area contributed by atoms with Crippen molar-refractivity contribution < 1.29 is 24.2 Å². The lowest BCUT2D eigenvalue weighted by atomic mass is 10.1. The Labute approximate surface area is 161 Å². The Morgan fingerprint density at radius 3 is 2.62 bits per heavy atom. The first-order valence-electron chi connectivity index (χ1n) is 8.16. The number of esters is 1. The average Bonchev–Trinajstić information content (AvgIpc) is 2.87. The molecule has 0 spiro atoms. The molecule has 26 heavy (non-hydrogen) atoms. The highest BCUT2D eigenvalue weighted by atomic mass is 32.2. The smallest absolute Gasteiger partial charge is 0.335 e. The minimum Gasteiger partial charge on any atom is -0.478 e. The summed E-state index contributed by atoms with van der Waals surface area (Å²) in [5.74, 6) is -1.48. The molecule has 1 aromatic carbocycles. The lowest BCUT2D eigenvalue weighted by molar-refractivity contribution is -0.144. The Morgan fingerprint density at radius 2 is 2.00 bits per heavy atom. The molecule has 8 heteroatoms. The number of hydrogen-bond donors (Lipinski definition) is 1. The molecular formula is C18H19NO5S2. The molecule has 1 amide bonds. The monoisotopic (exact) mass is 393 g/mol. The van der Waals surface area contributed by atoms with Crippen molar-refractivity contribution in [2.45, 2.75) is 26.2 Å². The molecule has 1 aliphatic heterocycles. The standard InChI is InChI=1S/C18H19NO5S2/c1-2-10-24-15(20)4-3-9-19-16(21)14(26-18(19)25)11-12-5-7-13(8-6-12)17(22)23/h5-8,11H,2-4,9-10H2,1H3,(H,22,23)/b14-11-. The van der Waals surface area contributed by atoms with Gasteiger partial charge in [0, 0.05) is 13.0 Å². The van der Waals surface area contributed by atoms with E-state index in [1.54, 1.807) is 18.2 Å². The number of ether oxygens (including phenoxy) is 1. The number of aromatic carboxylic acids is 1. The summed E-state index contributed by atoms with van der Waals surface area (Å²) < 4.78 is 5.45. The Bertz CT molecular complexity index is 742. The van der Waals surface area contributed by atoms with E-state index in [9.17, 15) is 14.4 Å². The van der Waals surface area contributed by atoms with Gasteiger partial charge in [0.25, 0.3) is 5.91 Å². The van der Waals surface area contributed by atoms with Gasteiger partial charge >= 0.3 is 11.9 Å². The van der Waals surface area contributed by atoms with Crippen LogP contribution >= 0.6 is 24.0 Å². The van der Waals surface area contributed by atoms with Crippen LogP contribution in [-0.4, -0.2) is 45.3 Å². The molecule has 0 unspecified atom stereocenters. The fourth-order valence-corrected chi connectivity index (χ4v) is 3.54. The van der Waals surface area contributed by atoms with E-state index in [0.29, 0.717) is 28.8 Å². The van der Waals surface area contributed by atoms with Gasteiger partial charge in [0.2, 0.25) is 0 Å². The highest BCUT2D eigenvalue weighted by Gasteiger charge is 2.31. The van der Waals surface area contributed by atoms with Gasteiger partial charge < -0.3 is 9.84 Å². The van der Waals surface area contributed by atoms with Crippen molar-refractivity contribution in [1.29, 1.82) is 0 Å². The van der Waals surface area contributed by atoms with Crippen molar-refractivity contribution in [1.82, 2.24) is 4.90 Å². The number of rotatable bonds is 8. The zero-order valence-corrected chi connectivity index (χ0v) is 15.9. The van der Waals surface area contributed by atoms with Gasteiger partial charge in [0.05, 0.1) is 17.1 Å². The molecule has 0 aromatic heterocycles. The van der Waals surface area contributed by atoms with Gasteiger partial charge in [-0.1, -0.05) is 43.0 Å². The third-order valence-electron chi connectivity index (χ3n) is 3.56. The summed E-state index contributed by atoms with van der Waals surface area (Å²) in [6.07, 6.45) is 3.18. The number of nitrogens with zero attached hydrogens (tertiary/aromatic N) is 1. The van der Waals surface area contributed by atoms with Crippen LogP contribution in [0.3, 0.4) is 0 Å². The summed E-state index contributed by atoms with van der Waals surface area (Å²) in [4.78, 5) is 36.8. The molecule has 1 N–H and O–H groups in total. The normalized spacial score (nSPS) is 15.6. The lowest BCUT2D eigenvalue weighted by Gasteiger charge is -2.13. The van der Waals surface area contributed by atoms with Crippen molar-refractivity contribution in [3.63, 3.8) is 0 Å². The zero-order valence-electron chi connectivity index (χ0n) is 14.3. The first kappa shape index (κ1) is 20.1. The van der Waals surface area contributed by atoms with Crippen LogP contribution in [0.4, 0.5) is 0 Å². The van der Waals surface area contributed by atoms with E-state index >= 15 is 0 Å². The molecule has 138 valence electrons. The van der Waals surface area contributed by atoms with E-state index in [-0.39, 0.29) is 23.9 Å². The average molecular weight is 393 g/mol. The van der Waals surface area contributed by atoms with Gasteiger partial charge in [-0.15, -0.1) is 0 Å². The number of carbonyl (C=O) groups excluding carboxylic acids is 2. The third-order valence-corrected chi connectivity index (χ3v) is 4.94. The minimum absolute atomic E-state index is 0.185. The number of carboxylic acid groups (broad SMARTS) is 1. The number of carbonyl (C=O) groups is 3. The molecular weight excluding hydrogens is 374 g/mol. The summed E-state index contributed by atoms with van der Waals surface area (Å²) in [7, 11) is 0. The maximum absolute atomic E-state index is 12.5. The number of carboxylic acids is 1. The third kappa shape index (κ3) is 5.40. The van der Waals surface area contributed by atoms with Crippen LogP contribution in [-0.2, 0) is 14.3 Å². The van der Waals surface area contributed by atoms with E-state index in [2.05, 4.69) is 0 Å². The van der Waals surface area contributed by atoms with Crippen molar-refractivity contribution in [2.24, 2.45) is 0 Å². The Kier molecular flexibility index (Phi) is 7.35. The number of benzene rings is 1. The minimum atomic E-state index is -1.000. The summed E-state index contributed by atoms with van der Waals surface area (Å²) in [5, 5.41) is 8.91. The zero-order chi connectivity index (χ0) is 19.1. The Balaban J connectivity index is 1.95. The van der Waals surface area contributed by atoms with E-state index in [1.807, 2.05) is 6.92 Å². The highest BCUT2D eigenvalue weighted by Crippen LogP contribution is 2.32. The predicted molar refractivity (Wildman–Crippen MR) is 104 cm³/mol. The number of thiocarbonyl (C=S) groups is 1. The molecule has 1 aromatic rings. The second-order valence-electron chi connectivity index (χ2n) is 5.58. The van der Waals surface area contributed by atoms with Crippen molar-refractivity contribution in [3.8, 4) is 0 Å². The molecule has 2 rings (SSSR count). The first-order valence-corrected chi connectivity index (χ1v) is 9.39. The molecule has 0 bridgehead atoms. The van der Waals surface area contributed by atoms with E-state index in [1.165, 1.54) is 28.8 Å². The number of amides is 1. The molecule has 1 saturated heterocycles. The summed E-state index contributed by atoms with van der Waals surface area (Å²) in [6.45, 7) is 2.69. The van der Waals surface area contributed by atoms with Crippen LogP contribution in [0.15, 0.2) is 29.2 Å².